The number of nitrogens with zero attached hydrogens (tertiary/aromatic N) is 1. The number of hydrogen-bond donors (Lipinski definition) is 0. The zero-order valence-corrected chi connectivity index (χ0v) is 11.4. The summed E-state index contributed by atoms with van der Waals surface area (Å²) in [6.07, 6.45) is 4.14. The van der Waals surface area contributed by atoms with Crippen molar-refractivity contribution in [3.63, 3.8) is 0 Å². The third kappa shape index (κ3) is 2.84. The molecule has 0 saturated heterocycles. The smallest absolute Gasteiger partial charge is 0.120 e. The third-order valence-electron chi connectivity index (χ3n) is 2.39. The highest BCUT2D eigenvalue weighted by Crippen LogP contribution is 2.21. The zero-order valence-electron chi connectivity index (χ0n) is 9.24. The van der Waals surface area contributed by atoms with Crippen LogP contribution in [0.5, 0.6) is 5.75 Å². The van der Waals surface area contributed by atoms with Gasteiger partial charge in [0.05, 0.1) is 12.1 Å². The second kappa shape index (κ2) is 5.48. The molecule has 1 aromatic heterocycles. The normalized spacial score (nSPS) is 10.6. The molecule has 2 nitrogen and oxygen atoms in total. The number of ether oxygens (including phenoxy) is 1. The van der Waals surface area contributed by atoms with Crippen LogP contribution in [0.1, 0.15) is 19.8 Å². The minimum Gasteiger partial charge on any atom is -0.494 e. The molecular formula is C13H14INO. The fourth-order valence-electron chi connectivity index (χ4n) is 1.51. The molecule has 0 fully saturated rings. The first-order chi connectivity index (χ1) is 7.79. The standard InChI is InChI=1S/C13H14INO/c1-2-3-6-16-12-4-5-13-10(8-12)7-11(14)9-15-13/h4-5,7-9H,2-3,6H2,1H3. The summed E-state index contributed by atoms with van der Waals surface area (Å²) < 4.78 is 6.81. The molecule has 16 heavy (non-hydrogen) atoms. The Kier molecular flexibility index (Phi) is 3.98. The predicted molar refractivity (Wildman–Crippen MR) is 74.9 cm³/mol. The Morgan fingerprint density at radius 1 is 1.31 bits per heavy atom. The molecule has 1 aromatic carbocycles. The molecule has 0 N–H and O–H groups in total. The summed E-state index contributed by atoms with van der Waals surface area (Å²) in [6, 6.07) is 8.17. The maximum atomic E-state index is 5.66. The van der Waals surface area contributed by atoms with E-state index in [1.807, 2.05) is 18.3 Å². The van der Waals surface area contributed by atoms with Gasteiger partial charge in [0.1, 0.15) is 5.75 Å². The molecule has 1 heterocycles. The molecule has 0 atom stereocenters. The number of halogens is 1. The Labute approximate surface area is 109 Å². The lowest BCUT2D eigenvalue weighted by atomic mass is 10.2. The molecule has 0 spiro atoms. The largest absolute Gasteiger partial charge is 0.494 e. The summed E-state index contributed by atoms with van der Waals surface area (Å²) >= 11 is 2.27. The van der Waals surface area contributed by atoms with Crippen LogP contribution in [-0.2, 0) is 0 Å². The molecule has 0 unspecified atom stereocenters. The van der Waals surface area contributed by atoms with E-state index < -0.39 is 0 Å². The number of benzene rings is 1. The lowest BCUT2D eigenvalue weighted by Crippen LogP contribution is -1.96. The van der Waals surface area contributed by atoms with E-state index in [-0.39, 0.29) is 0 Å². The highest BCUT2D eigenvalue weighted by molar-refractivity contribution is 14.1. The van der Waals surface area contributed by atoms with Gasteiger partial charge in [-0.25, -0.2) is 0 Å². The van der Waals surface area contributed by atoms with Gasteiger partial charge in [-0.15, -0.1) is 0 Å². The van der Waals surface area contributed by atoms with Crippen LogP contribution >= 0.6 is 22.6 Å². The van der Waals surface area contributed by atoms with Crippen LogP contribution in [0.15, 0.2) is 30.5 Å². The topological polar surface area (TPSA) is 22.1 Å². The summed E-state index contributed by atoms with van der Waals surface area (Å²) in [6.45, 7) is 2.95. The molecular weight excluding hydrogens is 313 g/mol. The molecule has 0 aliphatic rings. The van der Waals surface area contributed by atoms with Crippen LogP contribution in [-0.4, -0.2) is 11.6 Å². The van der Waals surface area contributed by atoms with Crippen molar-refractivity contribution >= 4 is 33.5 Å². The minimum absolute atomic E-state index is 0.791. The molecule has 2 rings (SSSR count). The van der Waals surface area contributed by atoms with Gasteiger partial charge >= 0.3 is 0 Å². The van der Waals surface area contributed by atoms with Crippen molar-refractivity contribution in [1.29, 1.82) is 0 Å². The van der Waals surface area contributed by atoms with Gasteiger partial charge < -0.3 is 4.74 Å². The van der Waals surface area contributed by atoms with Gasteiger partial charge in [-0.1, -0.05) is 13.3 Å². The van der Waals surface area contributed by atoms with Gasteiger partial charge in [-0.2, -0.15) is 0 Å². The van der Waals surface area contributed by atoms with Crippen LogP contribution in [0.2, 0.25) is 0 Å². The first-order valence-electron chi connectivity index (χ1n) is 5.47. The lowest BCUT2D eigenvalue weighted by Gasteiger charge is -2.06. The van der Waals surface area contributed by atoms with Crippen molar-refractivity contribution in [1.82, 2.24) is 4.98 Å². The maximum absolute atomic E-state index is 5.66. The van der Waals surface area contributed by atoms with E-state index in [0.29, 0.717) is 0 Å². The first kappa shape index (κ1) is 11.6. The van der Waals surface area contributed by atoms with Crippen molar-refractivity contribution < 1.29 is 4.74 Å². The zero-order chi connectivity index (χ0) is 11.4. The van der Waals surface area contributed by atoms with Crippen molar-refractivity contribution in [3.05, 3.63) is 34.0 Å². The molecule has 84 valence electrons. The van der Waals surface area contributed by atoms with Gasteiger partial charge in [-0.3, -0.25) is 4.98 Å². The lowest BCUT2D eigenvalue weighted by molar-refractivity contribution is 0.310. The number of aromatic nitrogens is 1. The molecule has 0 saturated carbocycles. The summed E-state index contributed by atoms with van der Waals surface area (Å²) in [7, 11) is 0. The SMILES string of the molecule is CCCCOc1ccc2ncc(I)cc2c1. The Bertz CT molecular complexity index is 484. The first-order valence-corrected chi connectivity index (χ1v) is 6.55. The van der Waals surface area contributed by atoms with E-state index in [1.165, 1.54) is 0 Å². The third-order valence-corrected chi connectivity index (χ3v) is 2.98. The van der Waals surface area contributed by atoms with Crippen LogP contribution in [0.4, 0.5) is 0 Å². The van der Waals surface area contributed by atoms with E-state index >= 15 is 0 Å². The van der Waals surface area contributed by atoms with Crippen LogP contribution in [0.25, 0.3) is 10.9 Å². The van der Waals surface area contributed by atoms with E-state index in [9.17, 15) is 0 Å². The monoisotopic (exact) mass is 327 g/mol. The quantitative estimate of drug-likeness (QED) is 0.625. The molecule has 0 amide bonds. The molecule has 0 bridgehead atoms. The summed E-state index contributed by atoms with van der Waals surface area (Å²) in [5.41, 5.74) is 1.02. The van der Waals surface area contributed by atoms with Gasteiger partial charge in [-0.05, 0) is 53.3 Å². The second-order valence-corrected chi connectivity index (χ2v) is 4.96. The fourth-order valence-corrected chi connectivity index (χ4v) is 1.98. The van der Waals surface area contributed by atoms with Gasteiger partial charge in [0, 0.05) is 15.2 Å². The van der Waals surface area contributed by atoms with Crippen molar-refractivity contribution in [2.45, 2.75) is 19.8 Å². The van der Waals surface area contributed by atoms with Crippen molar-refractivity contribution in [3.8, 4) is 5.75 Å². The van der Waals surface area contributed by atoms with Crippen LogP contribution in [0, 0.1) is 3.57 Å². The summed E-state index contributed by atoms with van der Waals surface area (Å²) in [5.74, 6) is 0.935. The average molecular weight is 327 g/mol. The molecule has 2 aromatic rings. The number of pyridine rings is 1. The van der Waals surface area contributed by atoms with Crippen molar-refractivity contribution in [2.24, 2.45) is 0 Å². The fraction of sp³-hybridized carbons (Fsp3) is 0.308. The highest BCUT2D eigenvalue weighted by Gasteiger charge is 1.99. The van der Waals surface area contributed by atoms with E-state index in [2.05, 4.69) is 46.6 Å². The average Bonchev–Trinajstić information content (AvgIpc) is 2.29. The second-order valence-electron chi connectivity index (χ2n) is 3.71. The van der Waals surface area contributed by atoms with E-state index in [1.54, 1.807) is 0 Å². The number of rotatable bonds is 4. The summed E-state index contributed by atoms with van der Waals surface area (Å²) in [4.78, 5) is 4.36. The summed E-state index contributed by atoms with van der Waals surface area (Å²) in [5, 5.41) is 1.14. The van der Waals surface area contributed by atoms with Gasteiger partial charge in [0.25, 0.3) is 0 Å². The van der Waals surface area contributed by atoms with Gasteiger partial charge in [0.2, 0.25) is 0 Å². The molecule has 0 radical (unpaired) electrons. The van der Waals surface area contributed by atoms with Crippen LogP contribution in [0.3, 0.4) is 0 Å². The predicted octanol–water partition coefficient (Wildman–Crippen LogP) is 4.02. The van der Waals surface area contributed by atoms with Crippen molar-refractivity contribution in [2.75, 3.05) is 6.61 Å². The molecule has 3 heteroatoms. The maximum Gasteiger partial charge on any atom is 0.120 e. The Morgan fingerprint density at radius 3 is 3.00 bits per heavy atom. The van der Waals surface area contributed by atoms with E-state index in [4.69, 9.17) is 4.74 Å². The number of hydrogen-bond acceptors (Lipinski definition) is 2. The highest BCUT2D eigenvalue weighted by atomic mass is 127. The minimum atomic E-state index is 0.791. The number of fused-ring (bicyclic) bond motifs is 1. The Hall–Kier alpha value is -0.840. The number of unbranched alkanes of at least 4 members (excludes halogenated alkanes) is 1. The molecule has 0 aliphatic carbocycles. The molecule has 0 aliphatic heterocycles. The van der Waals surface area contributed by atoms with E-state index in [0.717, 1.165) is 39.7 Å². The van der Waals surface area contributed by atoms with Gasteiger partial charge in [0.15, 0.2) is 0 Å². The Morgan fingerprint density at radius 2 is 2.19 bits per heavy atom. The Balaban J connectivity index is 2.21. The van der Waals surface area contributed by atoms with Crippen LogP contribution < -0.4 is 4.74 Å².